The first-order chi connectivity index (χ1) is 25.9. The predicted molar refractivity (Wildman–Crippen MR) is 245 cm³/mol. The number of nitrogens with two attached hydrogens (primary N) is 3. The first-order valence-corrected chi connectivity index (χ1v) is 21.1. The summed E-state index contributed by atoms with van der Waals surface area (Å²) in [6, 6.07) is 0. The van der Waals surface area contributed by atoms with E-state index >= 15 is 0 Å². The van der Waals surface area contributed by atoms with Crippen molar-refractivity contribution in [2.24, 2.45) is 17.2 Å². The molecule has 0 unspecified atom stereocenters. The molecule has 0 spiro atoms. The molecule has 0 heterocycles. The smallest absolute Gasteiger partial charge is 0.0588 e. The molecule has 0 aliphatic heterocycles. The van der Waals surface area contributed by atoms with Crippen molar-refractivity contribution in [3.8, 4) is 0 Å². The Hall–Kier alpha value is -0.520. The minimum absolute atomic E-state index is 0.0972. The van der Waals surface area contributed by atoms with Gasteiger partial charge < -0.3 is 61.7 Å². The van der Waals surface area contributed by atoms with E-state index in [2.05, 4.69) is 110 Å². The van der Waals surface area contributed by atoms with Crippen LogP contribution in [0, 0.1) is 0 Å². The summed E-state index contributed by atoms with van der Waals surface area (Å²) in [6.07, 6.45) is 6.90. The molecule has 0 atom stereocenters. The summed E-state index contributed by atoms with van der Waals surface area (Å²) in [5.41, 5.74) is 15.6. The number of hydrogen-bond acceptors (Lipinski definition) is 13. The zero-order valence-corrected chi connectivity index (χ0v) is 40.7. The van der Waals surface area contributed by atoms with E-state index in [-0.39, 0.29) is 13.2 Å². The third-order valence-electron chi connectivity index (χ3n) is 6.57. The molecule has 0 aliphatic carbocycles. The second-order valence-electron chi connectivity index (χ2n) is 13.7. The number of nitrogens with one attached hydrogen (secondary N) is 1. The van der Waals surface area contributed by atoms with Crippen LogP contribution in [0.5, 0.6) is 0 Å². The van der Waals surface area contributed by atoms with Gasteiger partial charge in [-0.3, -0.25) is 4.90 Å². The van der Waals surface area contributed by atoms with Crippen LogP contribution in [0.15, 0.2) is 0 Å². The summed E-state index contributed by atoms with van der Waals surface area (Å²) >= 11 is 0. The molecule has 10 N–H and O–H groups in total. The normalized spacial score (nSPS) is 9.93. The summed E-state index contributed by atoms with van der Waals surface area (Å²) in [4.78, 5) is 4.62. The van der Waals surface area contributed by atoms with Crippen molar-refractivity contribution in [2.45, 2.75) is 147 Å². The average Bonchev–Trinajstić information content (AvgIpc) is 3.14. The summed E-state index contributed by atoms with van der Waals surface area (Å²) in [6.45, 7) is 41.2. The fraction of sp³-hybridized carbons (Fsp3) is 1.00. The number of likely N-dealkylation sites (N-methyl/N-ethyl adjacent to an activating group) is 1. The van der Waals surface area contributed by atoms with Crippen molar-refractivity contribution in [1.29, 1.82) is 0 Å². The Morgan fingerprint density at radius 1 is 0.527 bits per heavy atom. The molecule has 0 aromatic heterocycles. The first-order valence-electron chi connectivity index (χ1n) is 21.1. The minimum Gasteiger partial charge on any atom is -0.396 e. The highest BCUT2D eigenvalue weighted by Gasteiger charge is 2.16. The van der Waals surface area contributed by atoms with Crippen molar-refractivity contribution < 1.29 is 34.3 Å². The van der Waals surface area contributed by atoms with Crippen LogP contribution in [0.2, 0.25) is 0 Å². The maximum Gasteiger partial charge on any atom is 0.0588 e. The van der Waals surface area contributed by atoms with E-state index in [9.17, 15) is 0 Å². The fourth-order valence-corrected chi connectivity index (χ4v) is 2.61. The van der Waals surface area contributed by atoms with Gasteiger partial charge in [0.25, 0.3) is 0 Å². The highest BCUT2D eigenvalue weighted by molar-refractivity contribution is 4.73. The SMILES string of the molecule is CCCCO.CCCCOC.CCCCOCC.CCN(CC)C(C)(C)C.CCNCCO.CCOCCN.CN(C)C(C)(C)C.COCCN.NCCO. The Morgan fingerprint density at radius 3 is 1.02 bits per heavy atom. The summed E-state index contributed by atoms with van der Waals surface area (Å²) in [5.74, 6) is 0. The van der Waals surface area contributed by atoms with E-state index in [4.69, 9.17) is 46.7 Å². The molecule has 55 heavy (non-hydrogen) atoms. The molecule has 13 nitrogen and oxygen atoms in total. The number of aliphatic hydroxyl groups is 3. The van der Waals surface area contributed by atoms with Crippen LogP contribution < -0.4 is 22.5 Å². The predicted octanol–water partition coefficient (Wildman–Crippen LogP) is 5.61. The average molecular weight is 809 g/mol. The molecular formula is C42H108N6O7. The van der Waals surface area contributed by atoms with Gasteiger partial charge in [-0.05, 0) is 108 Å². The van der Waals surface area contributed by atoms with Crippen LogP contribution in [-0.4, -0.2) is 170 Å². The highest BCUT2D eigenvalue weighted by Crippen LogP contribution is 2.10. The van der Waals surface area contributed by atoms with Gasteiger partial charge in [0.1, 0.15) is 0 Å². The van der Waals surface area contributed by atoms with Crippen LogP contribution in [0.1, 0.15) is 135 Å². The lowest BCUT2D eigenvalue weighted by molar-refractivity contribution is 0.144. The lowest BCUT2D eigenvalue weighted by Crippen LogP contribution is -2.40. The molecule has 0 aromatic carbocycles. The number of methoxy groups -OCH3 is 2. The quantitative estimate of drug-likeness (QED) is 0.0752. The van der Waals surface area contributed by atoms with Gasteiger partial charge >= 0.3 is 0 Å². The zero-order valence-electron chi connectivity index (χ0n) is 40.7. The number of unbranched alkanes of at least 4 members (excludes halogenated alkanes) is 3. The second-order valence-corrected chi connectivity index (χ2v) is 13.7. The largest absolute Gasteiger partial charge is 0.396 e. The Balaban J connectivity index is -0.0000000624. The fourth-order valence-electron chi connectivity index (χ4n) is 2.61. The molecule has 0 aliphatic rings. The number of aliphatic hydroxyl groups excluding tert-OH is 3. The molecule has 0 amide bonds. The van der Waals surface area contributed by atoms with Gasteiger partial charge in [-0.15, -0.1) is 0 Å². The lowest BCUT2D eigenvalue weighted by atomic mass is 10.1. The number of hydrogen-bond donors (Lipinski definition) is 7. The summed E-state index contributed by atoms with van der Waals surface area (Å²) in [5, 5.41) is 26.9. The molecule has 0 saturated carbocycles. The molecule has 0 fully saturated rings. The van der Waals surface area contributed by atoms with Gasteiger partial charge in [0, 0.05) is 84.5 Å². The van der Waals surface area contributed by atoms with E-state index < -0.39 is 0 Å². The molecule has 0 radical (unpaired) electrons. The van der Waals surface area contributed by atoms with Crippen LogP contribution in [-0.2, 0) is 18.9 Å². The van der Waals surface area contributed by atoms with E-state index in [1.54, 1.807) is 14.2 Å². The van der Waals surface area contributed by atoms with Gasteiger partial charge in [-0.2, -0.15) is 0 Å². The van der Waals surface area contributed by atoms with Gasteiger partial charge in [-0.1, -0.05) is 60.8 Å². The summed E-state index contributed by atoms with van der Waals surface area (Å²) < 4.78 is 19.3. The first kappa shape index (κ1) is 75.3. The number of nitrogens with zero attached hydrogens (tertiary/aromatic N) is 2. The topological polar surface area (TPSA) is 194 Å². The van der Waals surface area contributed by atoms with Crippen molar-refractivity contribution in [1.82, 2.24) is 15.1 Å². The lowest BCUT2D eigenvalue weighted by Gasteiger charge is -2.33. The van der Waals surface area contributed by atoms with Gasteiger partial charge in [0.15, 0.2) is 0 Å². The van der Waals surface area contributed by atoms with Crippen LogP contribution in [0.25, 0.3) is 0 Å². The van der Waals surface area contributed by atoms with E-state index in [1.807, 2.05) is 20.8 Å². The standard InChI is InChI=1S/C8H19N.C6H15N.C6H14O.C5H12O.2C4H11NO.C4H10O.C3H9NO.C2H7NO/c1-6-9(7-2)8(3,4)5;1-6(2,3)7(4)5;1-3-5-6-7-4-2;1-3-4-5-6-2;1-2-6-4-3-5;1-2-5-3-4-6;1-2-3-4-5;1-5-3-2-4;3-1-2-4/h6-7H2,1-5H3;1-5H3;3-6H2,1-2H3;3-5H2,1-2H3;2-5H2,1H3;5-6H,2-4H2,1H3;5H,2-4H2,1H3;2-4H2,1H3;4H,1-3H2. The number of ether oxygens (including phenoxy) is 4. The van der Waals surface area contributed by atoms with Crippen LogP contribution in [0.4, 0.5) is 0 Å². The second kappa shape index (κ2) is 74.4. The van der Waals surface area contributed by atoms with Crippen molar-refractivity contribution in [3.05, 3.63) is 0 Å². The van der Waals surface area contributed by atoms with E-state index in [1.165, 1.54) is 25.7 Å². The third-order valence-corrected chi connectivity index (χ3v) is 6.57. The van der Waals surface area contributed by atoms with Crippen molar-refractivity contribution >= 4 is 0 Å². The monoisotopic (exact) mass is 809 g/mol. The van der Waals surface area contributed by atoms with Gasteiger partial charge in [0.05, 0.1) is 26.4 Å². The zero-order chi connectivity index (χ0) is 45.2. The maximum atomic E-state index is 8.13. The van der Waals surface area contributed by atoms with Crippen molar-refractivity contribution in [3.63, 3.8) is 0 Å². The van der Waals surface area contributed by atoms with E-state index in [0.29, 0.717) is 50.5 Å². The maximum absolute atomic E-state index is 8.13. The molecular weight excluding hydrogens is 700 g/mol. The molecule has 13 heteroatoms. The third kappa shape index (κ3) is 126. The summed E-state index contributed by atoms with van der Waals surface area (Å²) in [7, 11) is 7.53. The van der Waals surface area contributed by atoms with Gasteiger partial charge in [0.2, 0.25) is 0 Å². The molecule has 0 bridgehead atoms. The highest BCUT2D eigenvalue weighted by atomic mass is 16.5. The Kier molecular flexibility index (Phi) is 102. The molecule has 348 valence electrons. The minimum atomic E-state index is 0.0972. The van der Waals surface area contributed by atoms with E-state index in [0.717, 1.165) is 65.4 Å². The van der Waals surface area contributed by atoms with Crippen LogP contribution in [0.3, 0.4) is 0 Å². The Bertz CT molecular complexity index is 479. The Morgan fingerprint density at radius 2 is 0.909 bits per heavy atom. The van der Waals surface area contributed by atoms with Gasteiger partial charge in [-0.25, -0.2) is 0 Å². The Labute approximate surface area is 346 Å². The molecule has 0 rings (SSSR count). The number of rotatable bonds is 20. The molecule has 0 saturated heterocycles. The molecule has 0 aromatic rings. The van der Waals surface area contributed by atoms with Crippen LogP contribution >= 0.6 is 0 Å². The van der Waals surface area contributed by atoms with Crippen molar-refractivity contribution in [2.75, 3.05) is 134 Å².